The quantitative estimate of drug-likeness (QED) is 0.270. The first-order valence-corrected chi connectivity index (χ1v) is 11.5. The third-order valence-electron chi connectivity index (χ3n) is 6.12. The Labute approximate surface area is 204 Å². The van der Waals surface area contributed by atoms with Crippen molar-refractivity contribution in [1.82, 2.24) is 20.5 Å². The van der Waals surface area contributed by atoms with Gasteiger partial charge in [-0.2, -0.15) is 0 Å². The fourth-order valence-electron chi connectivity index (χ4n) is 3.91. The highest BCUT2D eigenvalue weighted by atomic mass is 35.5. The van der Waals surface area contributed by atoms with Gasteiger partial charge in [0.25, 0.3) is 5.91 Å². The van der Waals surface area contributed by atoms with E-state index < -0.39 is 18.2 Å². The summed E-state index contributed by atoms with van der Waals surface area (Å²) in [6.45, 7) is 1.62. The molecule has 0 bridgehead atoms. The summed E-state index contributed by atoms with van der Waals surface area (Å²) < 4.78 is 4.83. The van der Waals surface area contributed by atoms with Gasteiger partial charge in [-0.25, -0.2) is 9.78 Å². The van der Waals surface area contributed by atoms with Crippen molar-refractivity contribution in [3.63, 3.8) is 0 Å². The zero-order chi connectivity index (χ0) is 24.8. The summed E-state index contributed by atoms with van der Waals surface area (Å²) in [5, 5.41) is 24.7. The second-order valence-corrected chi connectivity index (χ2v) is 8.79. The van der Waals surface area contributed by atoms with Crippen molar-refractivity contribution in [2.75, 3.05) is 14.1 Å². The van der Waals surface area contributed by atoms with E-state index in [1.165, 1.54) is 11.9 Å². The third kappa shape index (κ3) is 6.31. The predicted octanol–water partition coefficient (Wildman–Crippen LogP) is 2.93. The molecule has 34 heavy (non-hydrogen) atoms. The zero-order valence-electron chi connectivity index (χ0n) is 19.4. The smallest absolute Gasteiger partial charge is 0.394 e. The number of likely N-dealkylation sites (N-methyl/N-ethyl adjacent to an activating group) is 1. The molecule has 2 amide bonds. The molecule has 9 nitrogen and oxygen atoms in total. The molecule has 0 radical (unpaired) electrons. The highest BCUT2D eigenvalue weighted by molar-refractivity contribution is 6.29. The maximum Gasteiger partial charge on any atom is 0.413 e. The van der Waals surface area contributed by atoms with Gasteiger partial charge >= 0.3 is 6.09 Å². The molecule has 2 heterocycles. The molecule has 2 aromatic rings. The topological polar surface area (TPSA) is 128 Å². The third-order valence-corrected chi connectivity index (χ3v) is 6.34. The van der Waals surface area contributed by atoms with Crippen LogP contribution in [0.3, 0.4) is 0 Å². The normalized spacial score (nSPS) is 19.2. The number of rotatable bonds is 7. The van der Waals surface area contributed by atoms with Crippen molar-refractivity contribution in [2.45, 2.75) is 50.4 Å². The van der Waals surface area contributed by atoms with E-state index in [9.17, 15) is 14.7 Å². The van der Waals surface area contributed by atoms with Crippen LogP contribution in [0.25, 0.3) is 0 Å². The lowest BCUT2D eigenvalue weighted by Gasteiger charge is -2.24. The lowest BCUT2D eigenvalue weighted by atomic mass is 10.0. The summed E-state index contributed by atoms with van der Waals surface area (Å²) in [4.78, 5) is 29.5. The van der Waals surface area contributed by atoms with Crippen molar-refractivity contribution >= 4 is 29.5 Å². The molecule has 1 aliphatic rings. The second kappa shape index (κ2) is 11.4. The van der Waals surface area contributed by atoms with Crippen LogP contribution in [0.5, 0.6) is 0 Å². The maximum absolute atomic E-state index is 12.8. The number of hydrogen-bond acceptors (Lipinski definition) is 7. The Balaban J connectivity index is 1.54. The van der Waals surface area contributed by atoms with E-state index in [-0.39, 0.29) is 23.9 Å². The number of benzene rings is 1. The largest absolute Gasteiger partial charge is 0.413 e. The van der Waals surface area contributed by atoms with Crippen molar-refractivity contribution in [3.8, 4) is 0 Å². The number of carbonyl (C=O) groups excluding carboxylic acids is 2. The Morgan fingerprint density at radius 1 is 1.29 bits per heavy atom. The summed E-state index contributed by atoms with van der Waals surface area (Å²) >= 11 is 5.83. The lowest BCUT2D eigenvalue weighted by Crippen LogP contribution is -2.42. The van der Waals surface area contributed by atoms with Crippen LogP contribution in [-0.2, 0) is 11.2 Å². The Hall–Kier alpha value is -3.01. The fraction of sp³-hybridized carbons (Fsp3) is 0.417. The first kappa shape index (κ1) is 25.6. The number of amides is 2. The Kier molecular flexibility index (Phi) is 8.60. The first-order valence-electron chi connectivity index (χ1n) is 11.1. The van der Waals surface area contributed by atoms with Gasteiger partial charge < -0.3 is 25.4 Å². The average Bonchev–Trinajstić information content (AvgIpc) is 3.31. The molecule has 1 fully saturated rings. The van der Waals surface area contributed by atoms with Gasteiger partial charge in [0.2, 0.25) is 5.90 Å². The standard InChI is InChI=1S/C24H30ClN5O4/c1-14(22(26)34-24(33)27-2)30(3)23(32)16-6-4-15(5-7-16)12-18-9-10-19(29-18)21(31)17-8-11-20(25)28-13-17/h4-8,11,13-14,18-19,21,26,29,31H,9-10,12H2,1-3H3,(H,27,33)/t14-,18+,19-,21-/m1/s1. The van der Waals surface area contributed by atoms with Crippen LogP contribution in [0.15, 0.2) is 42.6 Å². The lowest BCUT2D eigenvalue weighted by molar-refractivity contribution is 0.0765. The van der Waals surface area contributed by atoms with E-state index in [1.807, 2.05) is 12.1 Å². The van der Waals surface area contributed by atoms with Crippen LogP contribution in [0.2, 0.25) is 5.15 Å². The SMILES string of the molecule is CNC(=O)OC(=N)[C@@H](C)N(C)C(=O)c1ccc(C[C@@H]2CC[C@H]([C@H](O)c3ccc(Cl)nc3)N2)cc1. The molecule has 1 saturated heterocycles. The molecule has 10 heteroatoms. The molecular formula is C24H30ClN5O4. The molecule has 4 atom stereocenters. The number of ether oxygens (including phenoxy) is 1. The van der Waals surface area contributed by atoms with E-state index in [2.05, 4.69) is 15.6 Å². The summed E-state index contributed by atoms with van der Waals surface area (Å²) in [6.07, 6.45) is 2.74. The second-order valence-electron chi connectivity index (χ2n) is 8.40. The van der Waals surface area contributed by atoms with Crippen LogP contribution in [0, 0.1) is 5.41 Å². The monoisotopic (exact) mass is 487 g/mol. The van der Waals surface area contributed by atoms with Crippen LogP contribution in [0.4, 0.5) is 4.79 Å². The average molecular weight is 488 g/mol. The molecule has 0 unspecified atom stereocenters. The summed E-state index contributed by atoms with van der Waals surface area (Å²) in [6, 6.07) is 10.2. The number of halogens is 1. The first-order chi connectivity index (χ1) is 16.2. The molecule has 0 saturated carbocycles. The minimum Gasteiger partial charge on any atom is -0.394 e. The van der Waals surface area contributed by atoms with Gasteiger partial charge in [-0.05, 0) is 49.9 Å². The summed E-state index contributed by atoms with van der Waals surface area (Å²) in [7, 11) is 2.96. The van der Waals surface area contributed by atoms with Crippen molar-refractivity contribution in [1.29, 1.82) is 5.41 Å². The zero-order valence-corrected chi connectivity index (χ0v) is 20.2. The molecule has 3 rings (SSSR count). The van der Waals surface area contributed by atoms with E-state index in [0.717, 1.165) is 30.4 Å². The van der Waals surface area contributed by atoms with Gasteiger partial charge in [-0.15, -0.1) is 0 Å². The highest BCUT2D eigenvalue weighted by Crippen LogP contribution is 2.27. The number of nitrogens with one attached hydrogen (secondary N) is 3. The molecule has 0 spiro atoms. The Morgan fingerprint density at radius 3 is 2.62 bits per heavy atom. The van der Waals surface area contributed by atoms with Gasteiger partial charge in [-0.1, -0.05) is 29.8 Å². The number of aliphatic hydroxyl groups is 1. The number of aromatic nitrogens is 1. The van der Waals surface area contributed by atoms with E-state index in [4.69, 9.17) is 21.7 Å². The van der Waals surface area contributed by atoms with E-state index in [0.29, 0.717) is 10.7 Å². The van der Waals surface area contributed by atoms with Gasteiger partial charge in [-0.3, -0.25) is 10.2 Å². The summed E-state index contributed by atoms with van der Waals surface area (Å²) in [5.74, 6) is -0.590. The Morgan fingerprint density at radius 2 is 2.00 bits per heavy atom. The fourth-order valence-corrected chi connectivity index (χ4v) is 4.03. The van der Waals surface area contributed by atoms with Gasteiger partial charge in [0.15, 0.2) is 0 Å². The van der Waals surface area contributed by atoms with Crippen LogP contribution in [0.1, 0.15) is 47.4 Å². The van der Waals surface area contributed by atoms with Crippen molar-refractivity contribution in [2.24, 2.45) is 0 Å². The summed E-state index contributed by atoms with van der Waals surface area (Å²) in [5.41, 5.74) is 2.29. The molecule has 4 N–H and O–H groups in total. The van der Waals surface area contributed by atoms with Gasteiger partial charge in [0.05, 0.1) is 6.10 Å². The maximum atomic E-state index is 12.8. The van der Waals surface area contributed by atoms with Crippen molar-refractivity contribution in [3.05, 3.63) is 64.4 Å². The Bertz CT molecular complexity index is 1020. The molecule has 1 aromatic carbocycles. The van der Waals surface area contributed by atoms with Crippen LogP contribution < -0.4 is 10.6 Å². The molecule has 1 aromatic heterocycles. The van der Waals surface area contributed by atoms with E-state index >= 15 is 0 Å². The predicted molar refractivity (Wildman–Crippen MR) is 129 cm³/mol. The molecule has 182 valence electrons. The van der Waals surface area contributed by atoms with Crippen LogP contribution in [-0.4, -0.2) is 65.1 Å². The highest BCUT2D eigenvalue weighted by Gasteiger charge is 2.30. The minimum atomic E-state index is -0.748. The molecular weight excluding hydrogens is 458 g/mol. The van der Waals surface area contributed by atoms with Crippen molar-refractivity contribution < 1.29 is 19.4 Å². The van der Waals surface area contributed by atoms with Crippen LogP contribution >= 0.6 is 11.6 Å². The molecule has 1 aliphatic heterocycles. The van der Waals surface area contributed by atoms with E-state index in [1.54, 1.807) is 44.4 Å². The molecule has 0 aliphatic carbocycles. The number of nitrogens with zero attached hydrogens (tertiary/aromatic N) is 2. The number of carbonyl (C=O) groups is 2. The minimum absolute atomic E-state index is 0.0590. The number of pyridine rings is 1. The number of alkyl carbamates (subject to hydrolysis) is 1. The number of hydrogen-bond donors (Lipinski definition) is 4. The van der Waals surface area contributed by atoms with Gasteiger partial charge in [0, 0.05) is 43.5 Å². The number of aliphatic hydroxyl groups excluding tert-OH is 1. The van der Waals surface area contributed by atoms with Gasteiger partial charge in [0.1, 0.15) is 11.2 Å².